The zero-order valence-corrected chi connectivity index (χ0v) is 12.1. The highest BCUT2D eigenvalue weighted by atomic mass is 15.1. The van der Waals surface area contributed by atoms with E-state index in [0.29, 0.717) is 6.04 Å². The lowest BCUT2D eigenvalue weighted by Crippen LogP contribution is -2.37. The number of hydrogen-bond donors (Lipinski definition) is 1. The van der Waals surface area contributed by atoms with E-state index >= 15 is 0 Å². The fraction of sp³-hybridized carbons (Fsp3) is 1.00. The van der Waals surface area contributed by atoms with Gasteiger partial charge in [-0.15, -0.1) is 0 Å². The third kappa shape index (κ3) is 4.97. The Kier molecular flexibility index (Phi) is 7.14. The molecule has 2 N–H and O–H groups in total. The molecule has 17 heavy (non-hydrogen) atoms. The lowest BCUT2D eigenvalue weighted by atomic mass is 9.76. The van der Waals surface area contributed by atoms with Crippen LogP contribution in [0.1, 0.15) is 59.3 Å². The second-order valence-corrected chi connectivity index (χ2v) is 5.68. The maximum Gasteiger partial charge on any atom is 0.00794 e. The van der Waals surface area contributed by atoms with Crippen LogP contribution >= 0.6 is 0 Å². The Labute approximate surface area is 108 Å². The van der Waals surface area contributed by atoms with E-state index in [-0.39, 0.29) is 0 Å². The molecule has 1 rings (SSSR count). The summed E-state index contributed by atoms with van der Waals surface area (Å²) in [6.07, 6.45) is 8.13. The quantitative estimate of drug-likeness (QED) is 0.740. The van der Waals surface area contributed by atoms with Crippen molar-refractivity contribution in [3.8, 4) is 0 Å². The lowest BCUT2D eigenvalue weighted by molar-refractivity contribution is 0.206. The minimum absolute atomic E-state index is 0.435. The first-order chi connectivity index (χ1) is 8.21. The van der Waals surface area contributed by atoms with E-state index in [1.54, 1.807) is 0 Å². The van der Waals surface area contributed by atoms with Gasteiger partial charge in [0.2, 0.25) is 0 Å². The predicted molar refractivity (Wildman–Crippen MR) is 76.1 cm³/mol. The molecule has 0 radical (unpaired) electrons. The van der Waals surface area contributed by atoms with Gasteiger partial charge < -0.3 is 10.6 Å². The van der Waals surface area contributed by atoms with Crippen LogP contribution in [0.3, 0.4) is 0 Å². The van der Waals surface area contributed by atoms with Crippen LogP contribution < -0.4 is 5.73 Å². The molecule has 1 saturated carbocycles. The molecule has 3 atom stereocenters. The summed E-state index contributed by atoms with van der Waals surface area (Å²) < 4.78 is 0. The van der Waals surface area contributed by atoms with Crippen LogP contribution in [0.25, 0.3) is 0 Å². The van der Waals surface area contributed by atoms with Crippen LogP contribution in [0.2, 0.25) is 0 Å². The smallest absolute Gasteiger partial charge is 0.00794 e. The third-order valence-electron chi connectivity index (χ3n) is 4.68. The number of nitrogens with two attached hydrogens (primary N) is 1. The topological polar surface area (TPSA) is 29.3 Å². The van der Waals surface area contributed by atoms with Gasteiger partial charge in [-0.25, -0.2) is 0 Å². The molecular formula is C15H32N2. The molecule has 0 saturated heterocycles. The zero-order valence-electron chi connectivity index (χ0n) is 12.1. The predicted octanol–water partition coefficient (Wildman–Crippen LogP) is 3.26. The minimum atomic E-state index is 0.435. The van der Waals surface area contributed by atoms with Crippen LogP contribution in [0.4, 0.5) is 0 Å². The number of hydrogen-bond acceptors (Lipinski definition) is 2. The lowest BCUT2D eigenvalue weighted by Gasteiger charge is -2.33. The number of nitrogens with zero attached hydrogens (tertiary/aromatic N) is 1. The molecule has 3 unspecified atom stereocenters. The molecule has 1 aliphatic rings. The highest BCUT2D eigenvalue weighted by molar-refractivity contribution is 4.80. The summed E-state index contributed by atoms with van der Waals surface area (Å²) >= 11 is 0. The Bertz CT molecular complexity index is 189. The SMILES string of the molecule is CCC1CCCC(C(N)CCN(CC)CC)C1. The van der Waals surface area contributed by atoms with Crippen molar-refractivity contribution in [3.05, 3.63) is 0 Å². The Balaban J connectivity index is 2.28. The van der Waals surface area contributed by atoms with Gasteiger partial charge in [-0.2, -0.15) is 0 Å². The molecule has 2 nitrogen and oxygen atoms in total. The average molecular weight is 240 g/mol. The Morgan fingerprint density at radius 3 is 2.47 bits per heavy atom. The standard InChI is InChI=1S/C15H32N2/c1-4-13-8-7-9-14(12-13)15(16)10-11-17(5-2)6-3/h13-15H,4-12,16H2,1-3H3. The number of rotatable bonds is 7. The molecule has 1 aliphatic carbocycles. The van der Waals surface area contributed by atoms with Crippen molar-refractivity contribution in [1.82, 2.24) is 4.90 Å². The van der Waals surface area contributed by atoms with Gasteiger partial charge in [0.15, 0.2) is 0 Å². The Morgan fingerprint density at radius 2 is 1.88 bits per heavy atom. The summed E-state index contributed by atoms with van der Waals surface area (Å²) in [6.45, 7) is 10.3. The van der Waals surface area contributed by atoms with Crippen molar-refractivity contribution in [3.63, 3.8) is 0 Å². The molecular weight excluding hydrogens is 208 g/mol. The second-order valence-electron chi connectivity index (χ2n) is 5.68. The van der Waals surface area contributed by atoms with Crippen LogP contribution in [0, 0.1) is 11.8 Å². The first-order valence-electron chi connectivity index (χ1n) is 7.69. The van der Waals surface area contributed by atoms with Crippen LogP contribution in [-0.2, 0) is 0 Å². The van der Waals surface area contributed by atoms with E-state index in [1.807, 2.05) is 0 Å². The van der Waals surface area contributed by atoms with Gasteiger partial charge in [0, 0.05) is 6.04 Å². The van der Waals surface area contributed by atoms with Gasteiger partial charge >= 0.3 is 0 Å². The molecule has 0 aromatic heterocycles. The van der Waals surface area contributed by atoms with Gasteiger partial charge in [-0.3, -0.25) is 0 Å². The van der Waals surface area contributed by atoms with Crippen molar-refractivity contribution in [2.24, 2.45) is 17.6 Å². The molecule has 0 aliphatic heterocycles. The van der Waals surface area contributed by atoms with Gasteiger partial charge in [-0.1, -0.05) is 40.0 Å². The monoisotopic (exact) mass is 240 g/mol. The summed E-state index contributed by atoms with van der Waals surface area (Å²) in [4.78, 5) is 2.49. The van der Waals surface area contributed by atoms with Gasteiger partial charge in [0.25, 0.3) is 0 Å². The highest BCUT2D eigenvalue weighted by Crippen LogP contribution is 2.33. The van der Waals surface area contributed by atoms with Crippen molar-refractivity contribution < 1.29 is 0 Å². The normalized spacial score (nSPS) is 27.4. The minimum Gasteiger partial charge on any atom is -0.327 e. The summed E-state index contributed by atoms with van der Waals surface area (Å²) in [7, 11) is 0. The summed E-state index contributed by atoms with van der Waals surface area (Å²) in [5, 5.41) is 0. The second kappa shape index (κ2) is 8.10. The molecule has 0 aromatic carbocycles. The zero-order chi connectivity index (χ0) is 12.7. The van der Waals surface area contributed by atoms with Crippen molar-refractivity contribution in [2.75, 3.05) is 19.6 Å². The molecule has 0 aromatic rings. The molecule has 0 bridgehead atoms. The van der Waals surface area contributed by atoms with E-state index in [9.17, 15) is 0 Å². The van der Waals surface area contributed by atoms with E-state index in [2.05, 4.69) is 25.7 Å². The van der Waals surface area contributed by atoms with Crippen molar-refractivity contribution in [2.45, 2.75) is 65.3 Å². The molecule has 0 amide bonds. The average Bonchev–Trinajstić information content (AvgIpc) is 2.39. The largest absolute Gasteiger partial charge is 0.327 e. The molecule has 2 heteroatoms. The van der Waals surface area contributed by atoms with E-state index in [1.165, 1.54) is 45.1 Å². The first kappa shape index (κ1) is 15.0. The first-order valence-corrected chi connectivity index (χ1v) is 7.69. The maximum absolute atomic E-state index is 6.40. The van der Waals surface area contributed by atoms with Gasteiger partial charge in [-0.05, 0) is 50.7 Å². The van der Waals surface area contributed by atoms with Crippen LogP contribution in [0.15, 0.2) is 0 Å². The highest BCUT2D eigenvalue weighted by Gasteiger charge is 2.25. The molecule has 0 spiro atoms. The molecule has 0 heterocycles. The summed E-state index contributed by atoms with van der Waals surface area (Å²) in [6, 6.07) is 0.435. The van der Waals surface area contributed by atoms with Gasteiger partial charge in [0.1, 0.15) is 0 Å². The maximum atomic E-state index is 6.40. The van der Waals surface area contributed by atoms with Crippen molar-refractivity contribution >= 4 is 0 Å². The fourth-order valence-electron chi connectivity index (χ4n) is 3.20. The van der Waals surface area contributed by atoms with E-state index < -0.39 is 0 Å². The Hall–Kier alpha value is -0.0800. The van der Waals surface area contributed by atoms with E-state index in [4.69, 9.17) is 5.73 Å². The summed E-state index contributed by atoms with van der Waals surface area (Å²) in [5.74, 6) is 1.75. The van der Waals surface area contributed by atoms with Crippen LogP contribution in [-0.4, -0.2) is 30.6 Å². The molecule has 102 valence electrons. The summed E-state index contributed by atoms with van der Waals surface area (Å²) in [5.41, 5.74) is 6.40. The fourth-order valence-corrected chi connectivity index (χ4v) is 3.20. The third-order valence-corrected chi connectivity index (χ3v) is 4.68. The van der Waals surface area contributed by atoms with Crippen molar-refractivity contribution in [1.29, 1.82) is 0 Å². The van der Waals surface area contributed by atoms with Gasteiger partial charge in [0.05, 0.1) is 0 Å². The van der Waals surface area contributed by atoms with Crippen LogP contribution in [0.5, 0.6) is 0 Å². The Morgan fingerprint density at radius 1 is 1.18 bits per heavy atom. The van der Waals surface area contributed by atoms with E-state index in [0.717, 1.165) is 24.9 Å². The molecule has 1 fully saturated rings.